The summed E-state index contributed by atoms with van der Waals surface area (Å²) in [5.74, 6) is 0.685. The number of thiocarbonyl (C=S) groups is 1. The first-order chi connectivity index (χ1) is 3.72. The molecule has 1 aliphatic heterocycles. The molecule has 0 bridgehead atoms. The van der Waals surface area contributed by atoms with Gasteiger partial charge in [-0.15, -0.1) is 0 Å². The highest BCUT2D eigenvalue weighted by Gasteiger charge is 2.21. The molecule has 0 aromatic carbocycles. The van der Waals surface area contributed by atoms with E-state index in [0.717, 1.165) is 4.99 Å². The van der Waals surface area contributed by atoms with Crippen molar-refractivity contribution in [3.8, 4) is 0 Å². The van der Waals surface area contributed by atoms with E-state index in [9.17, 15) is 4.79 Å². The molecule has 0 atom stereocenters. The molecule has 1 heterocycles. The minimum atomic E-state index is 0.0648. The first-order valence-corrected chi connectivity index (χ1v) is 3.54. The van der Waals surface area contributed by atoms with Crippen LogP contribution in [0.5, 0.6) is 0 Å². The summed E-state index contributed by atoms with van der Waals surface area (Å²) in [6.45, 7) is 0. The molecule has 0 N–H and O–H groups in total. The fraction of sp³-hybridized carbons (Fsp3) is 0.500. The molecule has 44 valence electrons. The summed E-state index contributed by atoms with van der Waals surface area (Å²) in [7, 11) is 1.70. The summed E-state index contributed by atoms with van der Waals surface area (Å²) in [4.78, 5) is 12.8. The third kappa shape index (κ3) is 0.855. The Morgan fingerprint density at radius 2 is 2.50 bits per heavy atom. The third-order valence-electron chi connectivity index (χ3n) is 0.967. The molecular weight excluding hydrogens is 142 g/mol. The second kappa shape index (κ2) is 2.03. The van der Waals surface area contributed by atoms with Gasteiger partial charge in [0.2, 0.25) is 0 Å². The van der Waals surface area contributed by atoms with Gasteiger partial charge in [-0.05, 0) is 0 Å². The van der Waals surface area contributed by atoms with Crippen LogP contribution in [0, 0.1) is 0 Å². The second-order valence-corrected chi connectivity index (χ2v) is 2.91. The van der Waals surface area contributed by atoms with E-state index in [2.05, 4.69) is 0 Å². The van der Waals surface area contributed by atoms with Crippen LogP contribution in [-0.4, -0.2) is 27.9 Å². The van der Waals surface area contributed by atoms with Crippen LogP contribution in [0.2, 0.25) is 0 Å². The first kappa shape index (κ1) is 6.04. The van der Waals surface area contributed by atoms with Crippen LogP contribution >= 0.6 is 24.0 Å². The Kier molecular flexibility index (Phi) is 1.53. The van der Waals surface area contributed by atoms with Crippen molar-refractivity contribution in [1.82, 2.24) is 4.90 Å². The predicted octanol–water partition coefficient (Wildman–Crippen LogP) is 1.11. The van der Waals surface area contributed by atoms with Crippen molar-refractivity contribution in [2.75, 3.05) is 12.8 Å². The summed E-state index contributed by atoms with van der Waals surface area (Å²) < 4.78 is 0. The summed E-state index contributed by atoms with van der Waals surface area (Å²) in [5.41, 5.74) is 0. The number of amides is 1. The summed E-state index contributed by atoms with van der Waals surface area (Å²) in [5, 5.41) is 0.0648. The molecule has 8 heavy (non-hydrogen) atoms. The van der Waals surface area contributed by atoms with Crippen LogP contribution in [0.25, 0.3) is 0 Å². The second-order valence-electron chi connectivity index (χ2n) is 1.51. The van der Waals surface area contributed by atoms with Gasteiger partial charge in [0.05, 0.1) is 10.7 Å². The van der Waals surface area contributed by atoms with Gasteiger partial charge in [-0.2, -0.15) is 0 Å². The van der Waals surface area contributed by atoms with Crippen LogP contribution in [0.15, 0.2) is 0 Å². The molecule has 1 aliphatic rings. The van der Waals surface area contributed by atoms with Gasteiger partial charge < -0.3 is 0 Å². The van der Waals surface area contributed by atoms with E-state index in [4.69, 9.17) is 12.2 Å². The Hall–Kier alpha value is -0.0900. The van der Waals surface area contributed by atoms with E-state index in [1.54, 1.807) is 7.05 Å². The molecule has 0 radical (unpaired) electrons. The first-order valence-electron chi connectivity index (χ1n) is 2.15. The number of rotatable bonds is 0. The Morgan fingerprint density at radius 1 is 1.88 bits per heavy atom. The van der Waals surface area contributed by atoms with Gasteiger partial charge in [-0.3, -0.25) is 9.69 Å². The van der Waals surface area contributed by atoms with Gasteiger partial charge in [0.1, 0.15) is 0 Å². The van der Waals surface area contributed by atoms with E-state index in [-0.39, 0.29) is 5.24 Å². The van der Waals surface area contributed by atoms with Gasteiger partial charge in [0.25, 0.3) is 5.24 Å². The van der Waals surface area contributed by atoms with Gasteiger partial charge in [0, 0.05) is 7.05 Å². The lowest BCUT2D eigenvalue weighted by Crippen LogP contribution is -2.21. The van der Waals surface area contributed by atoms with Crippen molar-refractivity contribution in [3.63, 3.8) is 0 Å². The van der Waals surface area contributed by atoms with Crippen molar-refractivity contribution in [1.29, 1.82) is 0 Å². The highest BCUT2D eigenvalue weighted by atomic mass is 32.2. The molecule has 4 heteroatoms. The standard InChI is InChI=1S/C4H5NOS2/c1-5-3(7)2-8-4(5)6/h2H2,1H3. The summed E-state index contributed by atoms with van der Waals surface area (Å²) in [6, 6.07) is 0. The zero-order valence-corrected chi connectivity index (χ0v) is 6.01. The molecule has 1 saturated heterocycles. The number of nitrogens with zero attached hydrogens (tertiary/aromatic N) is 1. The molecular formula is C4H5NOS2. The van der Waals surface area contributed by atoms with Crippen molar-refractivity contribution in [2.24, 2.45) is 0 Å². The fourth-order valence-corrected chi connectivity index (χ4v) is 1.48. The lowest BCUT2D eigenvalue weighted by Gasteiger charge is -2.03. The maximum absolute atomic E-state index is 10.6. The van der Waals surface area contributed by atoms with E-state index in [1.807, 2.05) is 0 Å². The highest BCUT2D eigenvalue weighted by molar-refractivity contribution is 8.15. The predicted molar refractivity (Wildman–Crippen MR) is 38.2 cm³/mol. The van der Waals surface area contributed by atoms with Crippen molar-refractivity contribution in [2.45, 2.75) is 0 Å². The average molecular weight is 147 g/mol. The maximum Gasteiger partial charge on any atom is 0.286 e. The van der Waals surface area contributed by atoms with Crippen LogP contribution in [0.3, 0.4) is 0 Å². The van der Waals surface area contributed by atoms with Gasteiger partial charge in [0.15, 0.2) is 0 Å². The SMILES string of the molecule is CN1C(=O)SCC1=S. The monoisotopic (exact) mass is 147 g/mol. The molecule has 0 aromatic heterocycles. The molecule has 1 rings (SSSR count). The fourth-order valence-electron chi connectivity index (χ4n) is 0.419. The van der Waals surface area contributed by atoms with Gasteiger partial charge >= 0.3 is 0 Å². The summed E-state index contributed by atoms with van der Waals surface area (Å²) in [6.07, 6.45) is 0. The molecule has 0 aliphatic carbocycles. The minimum absolute atomic E-state index is 0.0648. The van der Waals surface area contributed by atoms with E-state index in [0.29, 0.717) is 5.75 Å². The van der Waals surface area contributed by atoms with Crippen molar-refractivity contribution in [3.05, 3.63) is 0 Å². The number of thioether (sulfide) groups is 1. The van der Waals surface area contributed by atoms with Crippen molar-refractivity contribution >= 4 is 34.2 Å². The van der Waals surface area contributed by atoms with Crippen LogP contribution in [0.4, 0.5) is 4.79 Å². The normalized spacial score (nSPS) is 20.4. The van der Waals surface area contributed by atoms with E-state index >= 15 is 0 Å². The number of carbonyl (C=O) groups is 1. The third-order valence-corrected chi connectivity index (χ3v) is 2.51. The van der Waals surface area contributed by atoms with E-state index in [1.165, 1.54) is 16.7 Å². The number of hydrogen-bond donors (Lipinski definition) is 0. The highest BCUT2D eigenvalue weighted by Crippen LogP contribution is 2.16. The van der Waals surface area contributed by atoms with Crippen molar-refractivity contribution < 1.29 is 4.79 Å². The Morgan fingerprint density at radius 3 is 2.62 bits per heavy atom. The van der Waals surface area contributed by atoms with Gasteiger partial charge in [-0.25, -0.2) is 0 Å². The Bertz CT molecular complexity index is 129. The molecule has 0 spiro atoms. The zero-order valence-electron chi connectivity index (χ0n) is 4.38. The van der Waals surface area contributed by atoms with Crippen LogP contribution in [-0.2, 0) is 0 Å². The number of hydrogen-bond acceptors (Lipinski definition) is 3. The lowest BCUT2D eigenvalue weighted by atomic mass is 10.7. The quantitative estimate of drug-likeness (QED) is 0.479. The zero-order chi connectivity index (χ0) is 6.15. The molecule has 1 fully saturated rings. The topological polar surface area (TPSA) is 20.3 Å². The smallest absolute Gasteiger partial charge is 0.286 e. The molecule has 0 saturated carbocycles. The van der Waals surface area contributed by atoms with Crippen LogP contribution in [0.1, 0.15) is 0 Å². The largest absolute Gasteiger partial charge is 0.300 e. The molecule has 1 amide bonds. The van der Waals surface area contributed by atoms with E-state index < -0.39 is 0 Å². The lowest BCUT2D eigenvalue weighted by molar-refractivity contribution is 0.250. The minimum Gasteiger partial charge on any atom is -0.300 e. The Labute approximate surface area is 57.2 Å². The maximum atomic E-state index is 10.6. The summed E-state index contributed by atoms with van der Waals surface area (Å²) >= 11 is 6.06. The Balaban J connectivity index is 2.70. The average Bonchev–Trinajstić information content (AvgIpc) is 1.98. The molecule has 2 nitrogen and oxygen atoms in total. The molecule has 0 aromatic rings. The number of carbonyl (C=O) groups excluding carboxylic acids is 1. The van der Waals surface area contributed by atoms with Crippen LogP contribution < -0.4 is 0 Å². The molecule has 0 unspecified atom stereocenters. The van der Waals surface area contributed by atoms with Gasteiger partial charge in [-0.1, -0.05) is 24.0 Å².